The first-order valence-corrected chi connectivity index (χ1v) is 11.4. The van der Waals surface area contributed by atoms with Gasteiger partial charge < -0.3 is 5.32 Å². The van der Waals surface area contributed by atoms with Crippen LogP contribution in [0, 0.1) is 0 Å². The van der Waals surface area contributed by atoms with Crippen LogP contribution in [-0.4, -0.2) is 27.1 Å². The fraction of sp³-hybridized carbons (Fsp3) is 0.174. The molecule has 8 heteroatoms. The molecule has 3 aromatic rings. The van der Waals surface area contributed by atoms with Crippen molar-refractivity contribution >= 4 is 26.5 Å². The minimum absolute atomic E-state index is 0.286. The summed E-state index contributed by atoms with van der Waals surface area (Å²) in [5.74, 6) is -0.297. The van der Waals surface area contributed by atoms with E-state index in [0.717, 1.165) is 40.1 Å². The first-order chi connectivity index (χ1) is 14.5. The third-order valence-electron chi connectivity index (χ3n) is 4.61. The number of carbonyl (C=O) groups excluding carboxylic acids is 1. The van der Waals surface area contributed by atoms with Crippen LogP contribution in [0.1, 0.15) is 22.3 Å². The number of sulfone groups is 1. The maximum absolute atomic E-state index is 12.8. The van der Waals surface area contributed by atoms with Crippen molar-refractivity contribution < 1.29 is 26.4 Å². The summed E-state index contributed by atoms with van der Waals surface area (Å²) in [5.41, 5.74) is 1.14. The SMILES string of the molecule is CS(=O)(=O)C=CCCNC(=O)c1ccc2c(-c3ccc(C(F)(F)F)cc3)cccc2c1. The monoisotopic (exact) mass is 447 g/mol. The van der Waals surface area contributed by atoms with E-state index >= 15 is 0 Å². The summed E-state index contributed by atoms with van der Waals surface area (Å²) < 4.78 is 60.5. The van der Waals surface area contributed by atoms with E-state index in [1.165, 1.54) is 18.2 Å². The summed E-state index contributed by atoms with van der Waals surface area (Å²) in [6.45, 7) is 0.286. The molecule has 0 heterocycles. The van der Waals surface area contributed by atoms with Gasteiger partial charge in [0.1, 0.15) is 0 Å². The van der Waals surface area contributed by atoms with Crippen LogP contribution in [0.25, 0.3) is 21.9 Å². The predicted molar refractivity (Wildman–Crippen MR) is 115 cm³/mol. The van der Waals surface area contributed by atoms with Gasteiger partial charge in [-0.15, -0.1) is 0 Å². The highest BCUT2D eigenvalue weighted by Crippen LogP contribution is 2.33. The molecule has 0 saturated heterocycles. The average Bonchev–Trinajstić information content (AvgIpc) is 2.71. The molecule has 4 nitrogen and oxygen atoms in total. The second-order valence-corrected chi connectivity index (χ2v) is 8.99. The fourth-order valence-corrected chi connectivity index (χ4v) is 3.62. The second-order valence-electron chi connectivity index (χ2n) is 7.06. The van der Waals surface area contributed by atoms with Crippen LogP contribution in [0.4, 0.5) is 13.2 Å². The van der Waals surface area contributed by atoms with E-state index in [1.54, 1.807) is 24.3 Å². The normalized spacial score (nSPS) is 12.4. The molecule has 0 bridgehead atoms. The van der Waals surface area contributed by atoms with E-state index < -0.39 is 21.6 Å². The van der Waals surface area contributed by atoms with Crippen LogP contribution in [0.2, 0.25) is 0 Å². The minimum atomic E-state index is -4.39. The van der Waals surface area contributed by atoms with Gasteiger partial charge in [-0.05, 0) is 52.6 Å². The summed E-state index contributed by atoms with van der Waals surface area (Å²) in [4.78, 5) is 12.4. The lowest BCUT2D eigenvalue weighted by molar-refractivity contribution is -0.137. The van der Waals surface area contributed by atoms with Crippen LogP contribution < -0.4 is 5.32 Å². The van der Waals surface area contributed by atoms with Gasteiger partial charge in [-0.1, -0.05) is 42.5 Å². The molecule has 0 spiro atoms. The van der Waals surface area contributed by atoms with Crippen LogP contribution in [0.3, 0.4) is 0 Å². The van der Waals surface area contributed by atoms with Crippen molar-refractivity contribution in [2.75, 3.05) is 12.8 Å². The number of halogens is 3. The zero-order chi connectivity index (χ0) is 22.6. The number of hydrogen-bond donors (Lipinski definition) is 1. The van der Waals surface area contributed by atoms with Crippen LogP contribution in [0.15, 0.2) is 72.1 Å². The molecule has 0 unspecified atom stereocenters. The van der Waals surface area contributed by atoms with Crippen molar-refractivity contribution in [3.63, 3.8) is 0 Å². The van der Waals surface area contributed by atoms with Gasteiger partial charge in [-0.3, -0.25) is 4.79 Å². The quantitative estimate of drug-likeness (QED) is 0.528. The Morgan fingerprint density at radius 3 is 2.39 bits per heavy atom. The molecule has 0 radical (unpaired) electrons. The Balaban J connectivity index is 1.78. The minimum Gasteiger partial charge on any atom is -0.352 e. The molecule has 162 valence electrons. The third kappa shape index (κ3) is 5.95. The van der Waals surface area contributed by atoms with Gasteiger partial charge in [-0.2, -0.15) is 13.2 Å². The smallest absolute Gasteiger partial charge is 0.352 e. The number of alkyl halides is 3. The lowest BCUT2D eigenvalue weighted by atomic mass is 9.96. The van der Waals surface area contributed by atoms with Crippen molar-refractivity contribution in [1.29, 1.82) is 0 Å². The molecule has 0 atom stereocenters. The van der Waals surface area contributed by atoms with E-state index in [9.17, 15) is 26.4 Å². The van der Waals surface area contributed by atoms with Gasteiger partial charge in [0.25, 0.3) is 5.91 Å². The van der Waals surface area contributed by atoms with Gasteiger partial charge in [-0.25, -0.2) is 8.42 Å². The number of fused-ring (bicyclic) bond motifs is 1. The zero-order valence-electron chi connectivity index (χ0n) is 16.6. The van der Waals surface area contributed by atoms with Gasteiger partial charge in [0.2, 0.25) is 0 Å². The first-order valence-electron chi connectivity index (χ1n) is 9.40. The van der Waals surface area contributed by atoms with Crippen molar-refractivity contribution in [2.24, 2.45) is 0 Å². The Labute approximate surface area is 178 Å². The lowest BCUT2D eigenvalue weighted by Crippen LogP contribution is -2.24. The fourth-order valence-electron chi connectivity index (χ4n) is 3.13. The molecule has 0 aliphatic carbocycles. The topological polar surface area (TPSA) is 63.2 Å². The predicted octanol–water partition coefficient (Wildman–Crippen LogP) is 5.20. The molecule has 0 aliphatic rings. The Hall–Kier alpha value is -3.13. The number of benzene rings is 3. The van der Waals surface area contributed by atoms with Crippen molar-refractivity contribution in [1.82, 2.24) is 5.32 Å². The summed E-state index contributed by atoms with van der Waals surface area (Å²) in [7, 11) is -3.19. The van der Waals surface area contributed by atoms with Gasteiger partial charge in [0.15, 0.2) is 9.84 Å². The molecule has 0 aromatic heterocycles. The maximum Gasteiger partial charge on any atom is 0.416 e. The first kappa shape index (κ1) is 22.6. The van der Waals surface area contributed by atoms with Crippen molar-refractivity contribution in [3.8, 4) is 11.1 Å². The molecular weight excluding hydrogens is 427 g/mol. The van der Waals surface area contributed by atoms with Gasteiger partial charge >= 0.3 is 6.18 Å². The molecular formula is C23H20F3NO3S. The average molecular weight is 447 g/mol. The van der Waals surface area contributed by atoms with Crippen molar-refractivity contribution in [3.05, 3.63) is 83.3 Å². The molecule has 0 aliphatic heterocycles. The number of hydrogen-bond acceptors (Lipinski definition) is 3. The van der Waals surface area contributed by atoms with E-state index in [0.29, 0.717) is 17.5 Å². The molecule has 31 heavy (non-hydrogen) atoms. The molecule has 0 saturated carbocycles. The highest BCUT2D eigenvalue weighted by atomic mass is 32.2. The van der Waals surface area contributed by atoms with Gasteiger partial charge in [0.05, 0.1) is 5.56 Å². The molecule has 0 fully saturated rings. The molecule has 1 amide bonds. The van der Waals surface area contributed by atoms with Gasteiger partial charge in [0, 0.05) is 23.8 Å². The summed E-state index contributed by atoms with van der Waals surface area (Å²) in [5, 5.41) is 5.41. The lowest BCUT2D eigenvalue weighted by Gasteiger charge is -2.11. The standard InChI is InChI=1S/C23H20F3NO3S/c1-31(29,30)14-3-2-13-27-22(28)18-9-12-21-17(15-18)5-4-6-20(21)16-7-10-19(11-8-16)23(24,25)26/h3-12,14-15H,2,13H2,1H3,(H,27,28). The highest BCUT2D eigenvalue weighted by Gasteiger charge is 2.30. The summed E-state index contributed by atoms with van der Waals surface area (Å²) in [6, 6.07) is 15.5. The molecule has 1 N–H and O–H groups in total. The Morgan fingerprint density at radius 2 is 1.74 bits per heavy atom. The summed E-state index contributed by atoms with van der Waals surface area (Å²) >= 11 is 0. The maximum atomic E-state index is 12.8. The van der Waals surface area contributed by atoms with Crippen LogP contribution in [0.5, 0.6) is 0 Å². The largest absolute Gasteiger partial charge is 0.416 e. The van der Waals surface area contributed by atoms with Crippen LogP contribution >= 0.6 is 0 Å². The number of nitrogens with one attached hydrogen (secondary N) is 1. The molecule has 3 aromatic carbocycles. The summed E-state index contributed by atoms with van der Waals surface area (Å²) in [6.07, 6.45) is -1.44. The number of amides is 1. The van der Waals surface area contributed by atoms with E-state index in [2.05, 4.69) is 5.32 Å². The Morgan fingerprint density at radius 1 is 1.03 bits per heavy atom. The van der Waals surface area contributed by atoms with Crippen molar-refractivity contribution in [2.45, 2.75) is 12.6 Å². The van der Waals surface area contributed by atoms with E-state index in [1.807, 2.05) is 12.1 Å². The Bertz CT molecular complexity index is 1230. The second kappa shape index (κ2) is 8.93. The molecule has 3 rings (SSSR count). The van der Waals surface area contributed by atoms with E-state index in [-0.39, 0.29) is 12.5 Å². The highest BCUT2D eigenvalue weighted by molar-refractivity contribution is 7.93. The third-order valence-corrected chi connectivity index (χ3v) is 5.29. The number of carbonyl (C=O) groups is 1. The van der Waals surface area contributed by atoms with E-state index in [4.69, 9.17) is 0 Å². The van der Waals surface area contributed by atoms with Crippen LogP contribution in [-0.2, 0) is 16.0 Å². The Kier molecular flexibility index (Phi) is 6.50. The number of rotatable bonds is 6. The zero-order valence-corrected chi connectivity index (χ0v) is 17.4.